The van der Waals surface area contributed by atoms with E-state index in [0.717, 1.165) is 25.7 Å². The number of aliphatic hydroxyl groups is 1. The fourth-order valence-electron chi connectivity index (χ4n) is 2.05. The Morgan fingerprint density at radius 3 is 2.67 bits per heavy atom. The lowest BCUT2D eigenvalue weighted by Crippen LogP contribution is -2.43. The maximum Gasteiger partial charge on any atom is 0.329 e. The van der Waals surface area contributed by atoms with E-state index in [1.807, 2.05) is 0 Å². The molecule has 104 valence electrons. The van der Waals surface area contributed by atoms with Gasteiger partial charge in [0.2, 0.25) is 5.91 Å². The highest BCUT2D eigenvalue weighted by atomic mass is 32.2. The van der Waals surface area contributed by atoms with Gasteiger partial charge in [0.25, 0.3) is 0 Å². The van der Waals surface area contributed by atoms with Gasteiger partial charge in [-0.1, -0.05) is 12.8 Å². The van der Waals surface area contributed by atoms with E-state index in [4.69, 9.17) is 0 Å². The van der Waals surface area contributed by atoms with Gasteiger partial charge in [-0.15, -0.1) is 0 Å². The lowest BCUT2D eigenvalue weighted by Gasteiger charge is -2.28. The highest BCUT2D eigenvalue weighted by Gasteiger charge is 2.27. The Hall–Kier alpha value is -0.750. The molecule has 0 bridgehead atoms. The predicted octanol–water partition coefficient (Wildman–Crippen LogP) is 0.701. The summed E-state index contributed by atoms with van der Waals surface area (Å²) in [6.45, 7) is 1.37. The first-order valence-corrected chi connectivity index (χ1v) is 7.24. The summed E-state index contributed by atoms with van der Waals surface area (Å²) in [5.74, 6) is -0.258. The Bertz CT molecular complexity index is 298. The van der Waals surface area contributed by atoms with Crippen molar-refractivity contribution in [2.75, 3.05) is 12.9 Å². The molecule has 0 aromatic carbocycles. The number of esters is 1. The van der Waals surface area contributed by atoms with Crippen molar-refractivity contribution in [2.24, 2.45) is 0 Å². The van der Waals surface area contributed by atoms with Crippen molar-refractivity contribution in [3.8, 4) is 0 Å². The van der Waals surface area contributed by atoms with Crippen LogP contribution in [0.15, 0.2) is 0 Å². The second-order valence-electron chi connectivity index (χ2n) is 4.50. The molecule has 0 heterocycles. The van der Waals surface area contributed by atoms with Gasteiger partial charge in [0.15, 0.2) is 0 Å². The van der Waals surface area contributed by atoms with Gasteiger partial charge in [-0.2, -0.15) is 11.8 Å². The standard InChI is InChI=1S/C12H21NO4S/c1-8(14)13-9(12(16)17-2)7-18-11-6-4-3-5-10(11)15/h9-11,15H,3-7H2,1-2H3,(H,13,14)/t9-,10-,11-/m0/s1. The smallest absolute Gasteiger partial charge is 0.329 e. The van der Waals surface area contributed by atoms with Crippen LogP contribution in [0.25, 0.3) is 0 Å². The molecule has 3 atom stereocenters. The number of ether oxygens (including phenoxy) is 1. The zero-order valence-electron chi connectivity index (χ0n) is 10.8. The van der Waals surface area contributed by atoms with Crippen LogP contribution < -0.4 is 5.32 Å². The molecule has 2 N–H and O–H groups in total. The molecule has 6 heteroatoms. The van der Waals surface area contributed by atoms with Crippen molar-refractivity contribution in [1.29, 1.82) is 0 Å². The summed E-state index contributed by atoms with van der Waals surface area (Å²) in [4.78, 5) is 22.5. The minimum absolute atomic E-state index is 0.152. The van der Waals surface area contributed by atoms with Crippen molar-refractivity contribution >= 4 is 23.6 Å². The molecule has 0 spiro atoms. The predicted molar refractivity (Wildman–Crippen MR) is 70.3 cm³/mol. The average molecular weight is 275 g/mol. The van der Waals surface area contributed by atoms with Crippen molar-refractivity contribution in [3.05, 3.63) is 0 Å². The molecule has 0 saturated heterocycles. The highest BCUT2D eigenvalue weighted by Crippen LogP contribution is 2.29. The van der Waals surface area contributed by atoms with Crippen LogP contribution in [0.2, 0.25) is 0 Å². The minimum Gasteiger partial charge on any atom is -0.467 e. The molecule has 5 nitrogen and oxygen atoms in total. The highest BCUT2D eigenvalue weighted by molar-refractivity contribution is 8.00. The first-order valence-electron chi connectivity index (χ1n) is 6.19. The molecule has 0 unspecified atom stereocenters. The molecule has 1 amide bonds. The Labute approximate surface area is 112 Å². The van der Waals surface area contributed by atoms with E-state index in [1.165, 1.54) is 25.8 Å². The maximum absolute atomic E-state index is 11.5. The number of rotatable bonds is 5. The third-order valence-corrected chi connectivity index (χ3v) is 4.51. The molecule has 0 aromatic heterocycles. The number of amides is 1. The first kappa shape index (κ1) is 15.3. The fourth-order valence-corrected chi connectivity index (χ4v) is 3.40. The minimum atomic E-state index is -0.633. The van der Waals surface area contributed by atoms with Gasteiger partial charge < -0.3 is 15.2 Å². The largest absolute Gasteiger partial charge is 0.467 e. The van der Waals surface area contributed by atoms with Crippen LogP contribution >= 0.6 is 11.8 Å². The molecular weight excluding hydrogens is 254 g/mol. The third kappa shape index (κ3) is 4.86. The van der Waals surface area contributed by atoms with Crippen LogP contribution in [0.3, 0.4) is 0 Å². The van der Waals surface area contributed by atoms with Gasteiger partial charge in [-0.3, -0.25) is 4.79 Å². The molecule has 0 aliphatic heterocycles. The number of nitrogens with one attached hydrogen (secondary N) is 1. The fraction of sp³-hybridized carbons (Fsp3) is 0.833. The van der Waals surface area contributed by atoms with E-state index < -0.39 is 12.0 Å². The van der Waals surface area contributed by atoms with E-state index in [0.29, 0.717) is 5.75 Å². The van der Waals surface area contributed by atoms with E-state index in [1.54, 1.807) is 0 Å². The van der Waals surface area contributed by atoms with Crippen LogP contribution in [0.1, 0.15) is 32.6 Å². The quantitative estimate of drug-likeness (QED) is 0.722. The van der Waals surface area contributed by atoms with Gasteiger partial charge >= 0.3 is 5.97 Å². The lowest BCUT2D eigenvalue weighted by atomic mass is 9.97. The summed E-state index contributed by atoms with van der Waals surface area (Å²) in [7, 11) is 1.30. The number of hydrogen-bond acceptors (Lipinski definition) is 5. The molecule has 18 heavy (non-hydrogen) atoms. The maximum atomic E-state index is 11.5. The number of methoxy groups -OCH3 is 1. The summed E-state index contributed by atoms with van der Waals surface area (Å²) in [6, 6.07) is -0.633. The van der Waals surface area contributed by atoms with E-state index >= 15 is 0 Å². The molecule has 1 aliphatic rings. The average Bonchev–Trinajstić information content (AvgIpc) is 2.34. The SMILES string of the molecule is COC(=O)[C@H](CS[C@H]1CCCC[C@@H]1O)NC(C)=O. The van der Waals surface area contributed by atoms with Gasteiger partial charge in [0.1, 0.15) is 6.04 Å². The van der Waals surface area contributed by atoms with E-state index in [9.17, 15) is 14.7 Å². The van der Waals surface area contributed by atoms with Crippen LogP contribution in [0.4, 0.5) is 0 Å². The van der Waals surface area contributed by atoms with Crippen molar-refractivity contribution < 1.29 is 19.4 Å². The Kier molecular flexibility index (Phi) is 6.49. The molecule has 1 saturated carbocycles. The van der Waals surface area contributed by atoms with Crippen molar-refractivity contribution in [3.63, 3.8) is 0 Å². The van der Waals surface area contributed by atoms with Crippen LogP contribution in [0, 0.1) is 0 Å². The lowest BCUT2D eigenvalue weighted by molar-refractivity contribution is -0.144. The second-order valence-corrected chi connectivity index (χ2v) is 5.77. The number of hydrogen-bond donors (Lipinski definition) is 2. The van der Waals surface area contributed by atoms with Gasteiger partial charge in [0, 0.05) is 17.9 Å². The molecule has 1 fully saturated rings. The first-order chi connectivity index (χ1) is 8.54. The number of carbonyl (C=O) groups excluding carboxylic acids is 2. The third-order valence-electron chi connectivity index (χ3n) is 3.01. The van der Waals surface area contributed by atoms with E-state index in [-0.39, 0.29) is 17.3 Å². The van der Waals surface area contributed by atoms with Crippen molar-refractivity contribution in [1.82, 2.24) is 5.32 Å². The van der Waals surface area contributed by atoms with Crippen LogP contribution in [-0.2, 0) is 14.3 Å². The molecule has 1 aliphatic carbocycles. The monoisotopic (exact) mass is 275 g/mol. The molecular formula is C12H21NO4S. The zero-order chi connectivity index (χ0) is 13.5. The molecule has 1 rings (SSSR count). The summed E-state index contributed by atoms with van der Waals surface area (Å²) in [5, 5.41) is 12.6. The van der Waals surface area contributed by atoms with Gasteiger partial charge in [-0.05, 0) is 12.8 Å². The number of aliphatic hydroxyl groups excluding tert-OH is 1. The van der Waals surface area contributed by atoms with Gasteiger partial charge in [-0.25, -0.2) is 4.79 Å². The second kappa shape index (κ2) is 7.63. The van der Waals surface area contributed by atoms with Crippen LogP contribution in [-0.4, -0.2) is 47.2 Å². The normalized spacial score (nSPS) is 25.3. The summed E-state index contributed by atoms with van der Waals surface area (Å²) >= 11 is 1.53. The number of carbonyl (C=O) groups is 2. The van der Waals surface area contributed by atoms with Crippen molar-refractivity contribution in [2.45, 2.75) is 50.0 Å². The van der Waals surface area contributed by atoms with E-state index in [2.05, 4.69) is 10.1 Å². The Balaban J connectivity index is 2.45. The topological polar surface area (TPSA) is 75.6 Å². The number of thioether (sulfide) groups is 1. The summed E-state index contributed by atoms with van der Waals surface area (Å²) in [5.41, 5.74) is 0. The molecule has 0 radical (unpaired) electrons. The Morgan fingerprint density at radius 2 is 2.11 bits per heavy atom. The van der Waals surface area contributed by atoms with Gasteiger partial charge in [0.05, 0.1) is 13.2 Å². The summed E-state index contributed by atoms with van der Waals surface area (Å²) < 4.78 is 4.65. The molecule has 0 aromatic rings. The zero-order valence-corrected chi connectivity index (χ0v) is 11.7. The summed E-state index contributed by atoms with van der Waals surface area (Å²) in [6.07, 6.45) is 3.64. The Morgan fingerprint density at radius 1 is 1.44 bits per heavy atom. The van der Waals surface area contributed by atoms with Crippen LogP contribution in [0.5, 0.6) is 0 Å².